The van der Waals surface area contributed by atoms with Crippen LogP contribution in [0.1, 0.15) is 47.5 Å². The van der Waals surface area contributed by atoms with Gasteiger partial charge in [-0.15, -0.1) is 0 Å². The molecular weight excluding hydrogens is 178 g/mol. The number of hydrogen-bond acceptors (Lipinski definition) is 2. The predicted octanol–water partition coefficient (Wildman–Crippen LogP) is 2.26. The van der Waals surface area contributed by atoms with Crippen molar-refractivity contribution in [2.45, 2.75) is 59.0 Å². The van der Waals surface area contributed by atoms with Crippen molar-refractivity contribution in [3.05, 3.63) is 0 Å². The molecule has 3 nitrogen and oxygen atoms in total. The van der Waals surface area contributed by atoms with Crippen molar-refractivity contribution in [2.24, 2.45) is 5.92 Å². The van der Waals surface area contributed by atoms with Crippen LogP contribution in [0.5, 0.6) is 0 Å². The Hall–Kier alpha value is -0.570. The number of hydrogen-bond donors (Lipinski definition) is 2. The maximum Gasteiger partial charge on any atom is 0.320 e. The first-order chi connectivity index (χ1) is 6.34. The first-order valence-corrected chi connectivity index (χ1v) is 5.34. The van der Waals surface area contributed by atoms with Gasteiger partial charge in [-0.25, -0.2) is 0 Å². The molecule has 0 radical (unpaired) electrons. The summed E-state index contributed by atoms with van der Waals surface area (Å²) in [5.74, 6) is -0.584. The normalized spacial score (nSPS) is 16.4. The molecular formula is C11H23NO2. The van der Waals surface area contributed by atoms with E-state index in [0.29, 0.717) is 0 Å². The van der Waals surface area contributed by atoms with Crippen LogP contribution in [0, 0.1) is 5.92 Å². The maximum atomic E-state index is 11.0. The van der Waals surface area contributed by atoms with Gasteiger partial charge in [-0.1, -0.05) is 27.2 Å². The SMILES string of the molecule is CCC(C)C(NC(C)(C)CC)C(=O)O. The van der Waals surface area contributed by atoms with Gasteiger partial charge in [0.15, 0.2) is 0 Å². The van der Waals surface area contributed by atoms with Gasteiger partial charge in [-0.05, 0) is 26.2 Å². The van der Waals surface area contributed by atoms with E-state index in [2.05, 4.69) is 12.2 Å². The summed E-state index contributed by atoms with van der Waals surface area (Å²) in [5, 5.41) is 12.3. The molecule has 0 aromatic heterocycles. The number of carboxylic acid groups (broad SMARTS) is 1. The minimum Gasteiger partial charge on any atom is -0.480 e. The van der Waals surface area contributed by atoms with E-state index in [1.807, 2.05) is 27.7 Å². The number of aliphatic carboxylic acids is 1. The lowest BCUT2D eigenvalue weighted by Gasteiger charge is -2.31. The molecule has 0 aromatic rings. The average Bonchev–Trinajstić information content (AvgIpc) is 2.13. The summed E-state index contributed by atoms with van der Waals surface area (Å²) in [6.07, 6.45) is 1.80. The highest BCUT2D eigenvalue weighted by Crippen LogP contribution is 2.14. The van der Waals surface area contributed by atoms with Gasteiger partial charge in [0.05, 0.1) is 0 Å². The molecule has 0 rings (SSSR count). The standard InChI is InChI=1S/C11H23NO2/c1-6-8(3)9(10(13)14)12-11(4,5)7-2/h8-9,12H,6-7H2,1-5H3,(H,13,14). The Morgan fingerprint density at radius 3 is 2.21 bits per heavy atom. The Balaban J connectivity index is 4.45. The van der Waals surface area contributed by atoms with Crippen LogP contribution in [0.2, 0.25) is 0 Å². The van der Waals surface area contributed by atoms with Gasteiger partial charge in [0, 0.05) is 5.54 Å². The molecule has 0 aromatic carbocycles. The summed E-state index contributed by atoms with van der Waals surface area (Å²) in [4.78, 5) is 11.0. The van der Waals surface area contributed by atoms with Gasteiger partial charge in [0.2, 0.25) is 0 Å². The topological polar surface area (TPSA) is 49.3 Å². The second-order valence-corrected chi connectivity index (χ2v) is 4.58. The lowest BCUT2D eigenvalue weighted by molar-refractivity contribution is -0.141. The molecule has 3 heteroatoms. The fourth-order valence-electron chi connectivity index (χ4n) is 1.21. The molecule has 0 heterocycles. The van der Waals surface area contributed by atoms with E-state index in [1.54, 1.807) is 0 Å². The van der Waals surface area contributed by atoms with Gasteiger partial charge in [0.1, 0.15) is 6.04 Å². The molecule has 0 bridgehead atoms. The van der Waals surface area contributed by atoms with Crippen LogP contribution in [0.3, 0.4) is 0 Å². The Morgan fingerprint density at radius 1 is 1.43 bits per heavy atom. The minimum absolute atomic E-state index is 0.105. The molecule has 2 atom stereocenters. The molecule has 14 heavy (non-hydrogen) atoms. The zero-order valence-corrected chi connectivity index (χ0v) is 9.92. The molecule has 0 aliphatic rings. The van der Waals surface area contributed by atoms with Crippen LogP contribution >= 0.6 is 0 Å². The van der Waals surface area contributed by atoms with E-state index < -0.39 is 12.0 Å². The van der Waals surface area contributed by atoms with Gasteiger partial charge in [-0.3, -0.25) is 10.1 Å². The maximum absolute atomic E-state index is 11.0. The van der Waals surface area contributed by atoms with Crippen molar-refractivity contribution in [2.75, 3.05) is 0 Å². The monoisotopic (exact) mass is 201 g/mol. The lowest BCUT2D eigenvalue weighted by Crippen LogP contribution is -2.52. The Bertz CT molecular complexity index is 190. The molecule has 0 aliphatic carbocycles. The van der Waals surface area contributed by atoms with Crippen molar-refractivity contribution in [1.82, 2.24) is 5.32 Å². The van der Waals surface area contributed by atoms with Gasteiger partial charge >= 0.3 is 5.97 Å². The van der Waals surface area contributed by atoms with Crippen molar-refractivity contribution < 1.29 is 9.90 Å². The van der Waals surface area contributed by atoms with Crippen LogP contribution in [0.15, 0.2) is 0 Å². The second-order valence-electron chi connectivity index (χ2n) is 4.58. The van der Waals surface area contributed by atoms with Crippen molar-refractivity contribution in [3.63, 3.8) is 0 Å². The molecule has 84 valence electrons. The van der Waals surface area contributed by atoms with E-state index in [1.165, 1.54) is 0 Å². The van der Waals surface area contributed by atoms with Crippen LogP contribution in [0.4, 0.5) is 0 Å². The molecule has 0 spiro atoms. The number of carboxylic acids is 1. The highest BCUT2D eigenvalue weighted by molar-refractivity contribution is 5.73. The third-order valence-electron chi connectivity index (χ3n) is 2.91. The van der Waals surface area contributed by atoms with Gasteiger partial charge < -0.3 is 5.11 Å². The Morgan fingerprint density at radius 2 is 1.93 bits per heavy atom. The van der Waals surface area contributed by atoms with Gasteiger partial charge in [-0.2, -0.15) is 0 Å². The summed E-state index contributed by atoms with van der Waals surface area (Å²) >= 11 is 0. The first kappa shape index (κ1) is 13.4. The van der Waals surface area contributed by atoms with E-state index in [9.17, 15) is 4.79 Å². The van der Waals surface area contributed by atoms with E-state index in [4.69, 9.17) is 5.11 Å². The van der Waals surface area contributed by atoms with Crippen LogP contribution in [-0.4, -0.2) is 22.7 Å². The zero-order valence-electron chi connectivity index (χ0n) is 9.92. The summed E-state index contributed by atoms with van der Waals surface area (Å²) in [7, 11) is 0. The quantitative estimate of drug-likeness (QED) is 0.693. The fourth-order valence-corrected chi connectivity index (χ4v) is 1.21. The van der Waals surface area contributed by atoms with Crippen molar-refractivity contribution in [1.29, 1.82) is 0 Å². The van der Waals surface area contributed by atoms with Crippen LogP contribution in [-0.2, 0) is 4.79 Å². The molecule has 0 amide bonds. The smallest absolute Gasteiger partial charge is 0.320 e. The summed E-state index contributed by atoms with van der Waals surface area (Å²) < 4.78 is 0. The van der Waals surface area contributed by atoms with Crippen molar-refractivity contribution >= 4 is 5.97 Å². The summed E-state index contributed by atoms with van der Waals surface area (Å²) in [6, 6.07) is -0.435. The highest BCUT2D eigenvalue weighted by atomic mass is 16.4. The number of carbonyl (C=O) groups is 1. The van der Waals surface area contributed by atoms with Crippen molar-refractivity contribution in [3.8, 4) is 0 Å². The third-order valence-corrected chi connectivity index (χ3v) is 2.91. The highest BCUT2D eigenvalue weighted by Gasteiger charge is 2.28. The number of rotatable bonds is 6. The van der Waals surface area contributed by atoms with E-state index in [-0.39, 0.29) is 11.5 Å². The Labute approximate surface area is 86.9 Å². The first-order valence-electron chi connectivity index (χ1n) is 5.34. The zero-order chi connectivity index (χ0) is 11.4. The molecule has 2 N–H and O–H groups in total. The Kier molecular flexibility index (Phi) is 5.13. The molecule has 0 aliphatic heterocycles. The predicted molar refractivity (Wildman–Crippen MR) is 58.4 cm³/mol. The minimum atomic E-state index is -0.749. The van der Waals surface area contributed by atoms with E-state index >= 15 is 0 Å². The average molecular weight is 201 g/mol. The fraction of sp³-hybridized carbons (Fsp3) is 0.909. The third kappa shape index (κ3) is 4.09. The van der Waals surface area contributed by atoms with Gasteiger partial charge in [0.25, 0.3) is 0 Å². The molecule has 0 fully saturated rings. The largest absolute Gasteiger partial charge is 0.480 e. The molecule has 0 saturated heterocycles. The summed E-state index contributed by atoms with van der Waals surface area (Å²) in [5.41, 5.74) is -0.105. The molecule has 0 saturated carbocycles. The lowest BCUT2D eigenvalue weighted by atomic mass is 9.94. The van der Waals surface area contributed by atoms with Crippen LogP contribution < -0.4 is 5.32 Å². The number of nitrogens with one attached hydrogen (secondary N) is 1. The second kappa shape index (κ2) is 5.35. The van der Waals surface area contributed by atoms with Crippen LogP contribution in [0.25, 0.3) is 0 Å². The summed E-state index contributed by atoms with van der Waals surface area (Å²) in [6.45, 7) is 10.1. The van der Waals surface area contributed by atoms with E-state index in [0.717, 1.165) is 12.8 Å². The molecule has 2 unspecified atom stereocenters.